The van der Waals surface area contributed by atoms with Crippen LogP contribution in [0.25, 0.3) is 11.1 Å². The third-order valence-corrected chi connectivity index (χ3v) is 7.57. The Balaban J connectivity index is 1.64. The van der Waals surface area contributed by atoms with Crippen LogP contribution in [0.4, 0.5) is 8.78 Å². The number of hydrogen-bond donors (Lipinski definition) is 1. The molecule has 1 heterocycles. The summed E-state index contributed by atoms with van der Waals surface area (Å²) in [7, 11) is 3.78. The molecule has 0 spiro atoms. The number of unbranched alkanes of at least 4 members (excludes halogenated alkanes) is 1. The Morgan fingerprint density at radius 3 is 2.66 bits per heavy atom. The van der Waals surface area contributed by atoms with Gasteiger partial charge in [-0.1, -0.05) is 34.1 Å². The van der Waals surface area contributed by atoms with Gasteiger partial charge in [0, 0.05) is 29.1 Å². The fraction of sp³-hybridized carbons (Fsp3) is 0.333. The molecule has 1 fully saturated rings. The minimum Gasteiger partial charge on any atom is -0.478 e. The lowest BCUT2D eigenvalue weighted by molar-refractivity contribution is -0.134. The van der Waals surface area contributed by atoms with Crippen LogP contribution in [0.2, 0.25) is 0 Å². The molecular formula is C21H20F2O4S2. The van der Waals surface area contributed by atoms with Gasteiger partial charge in [-0.3, -0.25) is 4.79 Å². The highest BCUT2D eigenvalue weighted by molar-refractivity contribution is 8.77. The summed E-state index contributed by atoms with van der Waals surface area (Å²) in [5.41, 5.74) is 0.0697. The average Bonchev–Trinajstić information content (AvgIpc) is 3.19. The number of carbonyl (C=O) groups is 2. The predicted molar refractivity (Wildman–Crippen MR) is 111 cm³/mol. The van der Waals surface area contributed by atoms with Crippen molar-refractivity contribution in [3.05, 3.63) is 53.6 Å². The summed E-state index contributed by atoms with van der Waals surface area (Å²) in [6.45, 7) is 0. The molecule has 0 amide bonds. The van der Waals surface area contributed by atoms with E-state index in [-0.39, 0.29) is 28.9 Å². The van der Waals surface area contributed by atoms with Crippen LogP contribution >= 0.6 is 21.6 Å². The molecule has 29 heavy (non-hydrogen) atoms. The van der Waals surface area contributed by atoms with Crippen molar-refractivity contribution in [2.45, 2.75) is 37.4 Å². The molecule has 1 saturated heterocycles. The second-order valence-electron chi connectivity index (χ2n) is 6.69. The molecule has 0 unspecified atom stereocenters. The van der Waals surface area contributed by atoms with Gasteiger partial charge in [0.05, 0.1) is 0 Å². The normalized spacial score (nSPS) is 16.0. The zero-order valence-corrected chi connectivity index (χ0v) is 17.2. The van der Waals surface area contributed by atoms with Gasteiger partial charge < -0.3 is 9.84 Å². The Morgan fingerprint density at radius 2 is 1.97 bits per heavy atom. The first-order chi connectivity index (χ1) is 13.9. The molecule has 1 aliphatic heterocycles. The van der Waals surface area contributed by atoms with Crippen molar-refractivity contribution in [3.63, 3.8) is 0 Å². The zero-order chi connectivity index (χ0) is 20.8. The summed E-state index contributed by atoms with van der Waals surface area (Å²) >= 11 is 0. The second-order valence-corrected chi connectivity index (χ2v) is 9.48. The van der Waals surface area contributed by atoms with E-state index in [0.717, 1.165) is 25.0 Å². The molecule has 1 atom stereocenters. The van der Waals surface area contributed by atoms with Crippen LogP contribution in [-0.4, -0.2) is 28.0 Å². The van der Waals surface area contributed by atoms with Crippen LogP contribution in [0.3, 0.4) is 0 Å². The van der Waals surface area contributed by atoms with E-state index in [1.807, 2.05) is 21.6 Å². The standard InChI is InChI=1S/C21H20F2O4S2/c22-14-6-7-16(18(23)12-14)13-5-8-19(17(11-13)21(25)26)27-20(24)4-2-1-3-15-9-10-28-29-15/h5-8,11-12,15H,1-4,9-10H2,(H,25,26)/t15-/m1/s1. The minimum absolute atomic E-state index is 0.0646. The van der Waals surface area contributed by atoms with Gasteiger partial charge in [0.15, 0.2) is 0 Å². The van der Waals surface area contributed by atoms with Crippen LogP contribution in [0, 0.1) is 11.6 Å². The molecule has 0 saturated carbocycles. The summed E-state index contributed by atoms with van der Waals surface area (Å²) in [6, 6.07) is 7.04. The lowest BCUT2D eigenvalue weighted by atomic mass is 10.0. The fourth-order valence-electron chi connectivity index (χ4n) is 3.06. The van der Waals surface area contributed by atoms with Crippen molar-refractivity contribution >= 4 is 33.5 Å². The maximum atomic E-state index is 14.0. The Bertz CT molecular complexity index is 898. The van der Waals surface area contributed by atoms with Crippen molar-refractivity contribution < 1.29 is 28.2 Å². The zero-order valence-electron chi connectivity index (χ0n) is 15.5. The van der Waals surface area contributed by atoms with Crippen molar-refractivity contribution in [1.82, 2.24) is 0 Å². The van der Waals surface area contributed by atoms with Crippen LogP contribution in [0.15, 0.2) is 36.4 Å². The molecule has 0 aromatic heterocycles. The minimum atomic E-state index is -1.30. The summed E-state index contributed by atoms with van der Waals surface area (Å²) in [6.07, 6.45) is 4.06. The molecule has 1 aliphatic rings. The third kappa shape index (κ3) is 5.96. The molecule has 0 bridgehead atoms. The molecule has 2 aromatic carbocycles. The van der Waals surface area contributed by atoms with Gasteiger partial charge in [-0.05, 0) is 49.1 Å². The molecule has 0 aliphatic carbocycles. The first kappa shape index (κ1) is 21.6. The molecule has 3 rings (SSSR count). The highest BCUT2D eigenvalue weighted by atomic mass is 33.1. The summed E-state index contributed by atoms with van der Waals surface area (Å²) in [5, 5.41) is 10.1. The van der Waals surface area contributed by atoms with E-state index in [0.29, 0.717) is 11.7 Å². The van der Waals surface area contributed by atoms with Gasteiger partial charge in [0.2, 0.25) is 0 Å². The summed E-state index contributed by atoms with van der Waals surface area (Å²) in [4.78, 5) is 23.7. The predicted octanol–water partition coefficient (Wildman–Crippen LogP) is 5.95. The van der Waals surface area contributed by atoms with E-state index in [1.165, 1.54) is 36.4 Å². The highest BCUT2D eigenvalue weighted by Gasteiger charge is 2.19. The molecule has 154 valence electrons. The number of carbonyl (C=O) groups excluding carboxylic acids is 1. The quantitative estimate of drug-likeness (QED) is 0.238. The maximum absolute atomic E-state index is 14.0. The van der Waals surface area contributed by atoms with Gasteiger partial charge in [0.1, 0.15) is 22.9 Å². The van der Waals surface area contributed by atoms with Gasteiger partial charge in [-0.2, -0.15) is 0 Å². The lowest BCUT2D eigenvalue weighted by Gasteiger charge is -2.11. The number of esters is 1. The number of ether oxygens (including phenoxy) is 1. The van der Waals surface area contributed by atoms with Crippen LogP contribution in [0.1, 0.15) is 42.5 Å². The van der Waals surface area contributed by atoms with E-state index < -0.39 is 23.6 Å². The lowest BCUT2D eigenvalue weighted by Crippen LogP contribution is -2.11. The van der Waals surface area contributed by atoms with E-state index in [9.17, 15) is 23.5 Å². The molecule has 8 heteroatoms. The number of benzene rings is 2. The Morgan fingerprint density at radius 1 is 1.14 bits per heavy atom. The largest absolute Gasteiger partial charge is 0.478 e. The van der Waals surface area contributed by atoms with Crippen molar-refractivity contribution in [2.24, 2.45) is 0 Å². The first-order valence-corrected chi connectivity index (χ1v) is 11.6. The average molecular weight is 439 g/mol. The molecule has 2 aromatic rings. The number of carboxylic acid groups (broad SMARTS) is 1. The Hall–Kier alpha value is -2.06. The summed E-state index contributed by atoms with van der Waals surface area (Å²) in [5.74, 6) is -2.23. The maximum Gasteiger partial charge on any atom is 0.339 e. The van der Waals surface area contributed by atoms with Crippen LogP contribution in [-0.2, 0) is 4.79 Å². The smallest absolute Gasteiger partial charge is 0.339 e. The monoisotopic (exact) mass is 438 g/mol. The summed E-state index contributed by atoms with van der Waals surface area (Å²) < 4.78 is 32.3. The first-order valence-electron chi connectivity index (χ1n) is 9.26. The third-order valence-electron chi connectivity index (χ3n) is 4.56. The topological polar surface area (TPSA) is 63.6 Å². The van der Waals surface area contributed by atoms with E-state index in [1.54, 1.807) is 0 Å². The van der Waals surface area contributed by atoms with Gasteiger partial charge in [-0.25, -0.2) is 13.6 Å². The number of carboxylic acids is 1. The number of halogens is 2. The van der Waals surface area contributed by atoms with Gasteiger partial charge in [-0.15, -0.1) is 0 Å². The Kier molecular flexibility index (Phi) is 7.55. The SMILES string of the molecule is O=C(CCCC[C@@H]1CCSS1)Oc1ccc(-c2ccc(F)cc2F)cc1C(=O)O. The molecule has 1 N–H and O–H groups in total. The van der Waals surface area contributed by atoms with Crippen LogP contribution < -0.4 is 4.74 Å². The molecule has 0 radical (unpaired) electrons. The molecular weight excluding hydrogens is 418 g/mol. The van der Waals surface area contributed by atoms with E-state index >= 15 is 0 Å². The molecule has 4 nitrogen and oxygen atoms in total. The van der Waals surface area contributed by atoms with Crippen molar-refractivity contribution in [1.29, 1.82) is 0 Å². The van der Waals surface area contributed by atoms with E-state index in [4.69, 9.17) is 4.74 Å². The van der Waals surface area contributed by atoms with E-state index in [2.05, 4.69) is 0 Å². The van der Waals surface area contributed by atoms with Crippen molar-refractivity contribution in [3.8, 4) is 16.9 Å². The number of hydrogen-bond acceptors (Lipinski definition) is 5. The number of aromatic carboxylic acids is 1. The van der Waals surface area contributed by atoms with Gasteiger partial charge >= 0.3 is 11.9 Å². The van der Waals surface area contributed by atoms with Crippen molar-refractivity contribution in [2.75, 3.05) is 5.75 Å². The second kappa shape index (κ2) is 10.1. The van der Waals surface area contributed by atoms with Crippen LogP contribution in [0.5, 0.6) is 5.75 Å². The fourth-order valence-corrected chi connectivity index (χ4v) is 6.08. The van der Waals surface area contributed by atoms with Gasteiger partial charge in [0.25, 0.3) is 0 Å². The Labute approximate surface area is 175 Å². The number of rotatable bonds is 8. The highest BCUT2D eigenvalue weighted by Crippen LogP contribution is 2.40.